The predicted molar refractivity (Wildman–Crippen MR) is 136 cm³/mol. The van der Waals surface area contributed by atoms with Crippen molar-refractivity contribution in [3.63, 3.8) is 0 Å². The van der Waals surface area contributed by atoms with Crippen LogP contribution in [0.25, 0.3) is 28.2 Å². The zero-order valence-corrected chi connectivity index (χ0v) is 21.3. The number of nitrogens with one attached hydrogen (secondary N) is 2. The molecule has 202 valence electrons. The lowest BCUT2D eigenvalue weighted by Gasteiger charge is -2.27. The number of halogens is 4. The number of piperazine rings is 1. The maximum Gasteiger partial charge on any atom is 0.435 e. The Bertz CT molecular complexity index is 1510. The van der Waals surface area contributed by atoms with Crippen LogP contribution in [0.5, 0.6) is 0 Å². The summed E-state index contributed by atoms with van der Waals surface area (Å²) in [5, 5.41) is 9.39. The normalized spacial score (nSPS) is 13.9. The monoisotopic (exact) mass is 558 g/mol. The summed E-state index contributed by atoms with van der Waals surface area (Å²) in [6.45, 7) is 1.99. The van der Waals surface area contributed by atoms with E-state index in [1.807, 2.05) is 0 Å². The van der Waals surface area contributed by atoms with E-state index in [9.17, 15) is 22.8 Å². The van der Waals surface area contributed by atoms with Crippen molar-refractivity contribution in [1.82, 2.24) is 39.8 Å². The summed E-state index contributed by atoms with van der Waals surface area (Å²) in [6.07, 6.45) is -2.34. The molecule has 4 aromatic rings. The molecule has 1 aliphatic heterocycles. The largest absolute Gasteiger partial charge is 0.435 e. The van der Waals surface area contributed by atoms with E-state index >= 15 is 0 Å². The number of nitrogens with zero attached hydrogens (tertiary/aromatic N) is 6. The van der Waals surface area contributed by atoms with Crippen molar-refractivity contribution in [2.75, 3.05) is 26.2 Å². The van der Waals surface area contributed by atoms with Gasteiger partial charge < -0.3 is 14.8 Å². The van der Waals surface area contributed by atoms with Gasteiger partial charge in [-0.1, -0.05) is 41.9 Å². The molecule has 1 saturated heterocycles. The van der Waals surface area contributed by atoms with Gasteiger partial charge >= 0.3 is 12.2 Å². The first kappa shape index (κ1) is 26.4. The Hall–Kier alpha value is -4.23. The molecular formula is C25H22ClF3N8O2. The molecule has 0 unspecified atom stereocenters. The van der Waals surface area contributed by atoms with Crippen LogP contribution in [-0.2, 0) is 13.2 Å². The topological polar surface area (TPSA) is 110 Å². The Kier molecular flexibility index (Phi) is 7.10. The number of alkyl halides is 3. The summed E-state index contributed by atoms with van der Waals surface area (Å²) >= 11 is 5.83. The molecule has 0 saturated carbocycles. The molecule has 1 aromatic carbocycles. The summed E-state index contributed by atoms with van der Waals surface area (Å²) in [4.78, 5) is 35.6. The van der Waals surface area contributed by atoms with E-state index < -0.39 is 23.8 Å². The minimum absolute atomic E-state index is 0.00136. The number of benzene rings is 1. The quantitative estimate of drug-likeness (QED) is 0.369. The van der Waals surface area contributed by atoms with E-state index in [2.05, 4.69) is 25.7 Å². The maximum absolute atomic E-state index is 14.3. The number of hydrogen-bond donors (Lipinski definition) is 2. The van der Waals surface area contributed by atoms with Gasteiger partial charge in [0.2, 0.25) is 0 Å². The summed E-state index contributed by atoms with van der Waals surface area (Å²) in [6, 6.07) is 10.8. The Morgan fingerprint density at radius 1 is 1.08 bits per heavy atom. The van der Waals surface area contributed by atoms with Crippen molar-refractivity contribution in [3.05, 3.63) is 71.5 Å². The highest BCUT2D eigenvalue weighted by Gasteiger charge is 2.40. The minimum Gasteiger partial charge on any atom is -0.322 e. The molecule has 3 amide bonds. The van der Waals surface area contributed by atoms with Gasteiger partial charge in [0.05, 0.1) is 28.8 Å². The molecule has 3 aromatic heterocycles. The number of imide groups is 1. The Morgan fingerprint density at radius 2 is 1.79 bits per heavy atom. The molecule has 39 heavy (non-hydrogen) atoms. The van der Waals surface area contributed by atoms with E-state index in [0.717, 1.165) is 4.68 Å². The van der Waals surface area contributed by atoms with Gasteiger partial charge in [0.1, 0.15) is 5.15 Å². The zero-order valence-electron chi connectivity index (χ0n) is 20.5. The molecule has 0 radical (unpaired) electrons. The molecule has 0 aliphatic carbocycles. The van der Waals surface area contributed by atoms with E-state index in [1.165, 1.54) is 41.0 Å². The third kappa shape index (κ3) is 5.36. The number of urea groups is 1. The van der Waals surface area contributed by atoms with Gasteiger partial charge in [0.25, 0.3) is 5.91 Å². The second-order valence-electron chi connectivity index (χ2n) is 8.73. The maximum atomic E-state index is 14.3. The van der Waals surface area contributed by atoms with Gasteiger partial charge in [-0.25, -0.2) is 19.4 Å². The molecule has 10 nitrogen and oxygen atoms in total. The van der Waals surface area contributed by atoms with Gasteiger partial charge in [-0.15, -0.1) is 0 Å². The van der Waals surface area contributed by atoms with Crippen molar-refractivity contribution in [2.45, 2.75) is 6.18 Å². The van der Waals surface area contributed by atoms with E-state index in [1.54, 1.807) is 30.3 Å². The second kappa shape index (κ2) is 10.5. The highest BCUT2D eigenvalue weighted by Crippen LogP contribution is 2.40. The smallest absolute Gasteiger partial charge is 0.322 e. The number of aromatic nitrogens is 5. The van der Waals surface area contributed by atoms with Gasteiger partial charge in [0.15, 0.2) is 11.5 Å². The first-order valence-electron chi connectivity index (χ1n) is 11.9. The third-order valence-electron chi connectivity index (χ3n) is 6.18. The minimum atomic E-state index is -4.83. The fourth-order valence-electron chi connectivity index (χ4n) is 4.30. The van der Waals surface area contributed by atoms with Crippen molar-refractivity contribution >= 4 is 23.5 Å². The molecule has 5 rings (SSSR count). The lowest BCUT2D eigenvalue weighted by atomic mass is 10.1. The van der Waals surface area contributed by atoms with Crippen LogP contribution in [-0.4, -0.2) is 67.3 Å². The van der Waals surface area contributed by atoms with Gasteiger partial charge in [0, 0.05) is 45.0 Å². The Morgan fingerprint density at radius 3 is 2.44 bits per heavy atom. The molecule has 0 bridgehead atoms. The Balaban J connectivity index is 1.63. The number of amides is 3. The summed E-state index contributed by atoms with van der Waals surface area (Å²) in [5.41, 5.74) is -0.636. The van der Waals surface area contributed by atoms with Crippen LogP contribution >= 0.6 is 11.6 Å². The van der Waals surface area contributed by atoms with E-state index in [-0.39, 0.29) is 33.6 Å². The number of imidazole rings is 1. The SMILES string of the molecule is Cn1c(C(=O)NC(=O)N2CCNCC2)nc(-c2ccccc2)c1-c1cn(-c2ccc(Cl)nc2)nc1C(F)(F)F. The van der Waals surface area contributed by atoms with Crippen LogP contribution in [0, 0.1) is 0 Å². The van der Waals surface area contributed by atoms with Crippen LogP contribution in [0.1, 0.15) is 16.3 Å². The lowest BCUT2D eigenvalue weighted by molar-refractivity contribution is -0.140. The molecule has 4 heterocycles. The summed E-state index contributed by atoms with van der Waals surface area (Å²) in [5.74, 6) is -1.08. The molecule has 1 fully saturated rings. The van der Waals surface area contributed by atoms with E-state index in [4.69, 9.17) is 11.6 Å². The fourth-order valence-corrected chi connectivity index (χ4v) is 4.41. The third-order valence-corrected chi connectivity index (χ3v) is 6.41. The Labute approximate surface area is 225 Å². The molecule has 0 atom stereocenters. The van der Waals surface area contributed by atoms with Crippen LogP contribution in [0.15, 0.2) is 54.9 Å². The fraction of sp³-hybridized carbons (Fsp3) is 0.240. The van der Waals surface area contributed by atoms with Crippen LogP contribution < -0.4 is 10.6 Å². The van der Waals surface area contributed by atoms with Crippen molar-refractivity contribution in [1.29, 1.82) is 0 Å². The standard InChI is InChI=1S/C25H22ClF3N8O2/c1-35-20(17-14-37(34-21(17)25(27,28)29)16-7-8-18(26)31-13-16)19(15-5-3-2-4-6-15)32-22(35)23(38)33-24(39)36-11-9-30-10-12-36/h2-8,13-14,30H,9-12H2,1H3,(H,33,38,39). The molecule has 1 aliphatic rings. The number of carbonyl (C=O) groups excluding carboxylic acids is 2. The van der Waals surface area contributed by atoms with Crippen molar-refractivity contribution in [2.24, 2.45) is 7.05 Å². The molecular weight excluding hydrogens is 537 g/mol. The molecule has 2 N–H and O–H groups in total. The molecule has 0 spiro atoms. The number of hydrogen-bond acceptors (Lipinski definition) is 6. The highest BCUT2D eigenvalue weighted by atomic mass is 35.5. The van der Waals surface area contributed by atoms with Crippen molar-refractivity contribution < 1.29 is 22.8 Å². The first-order valence-corrected chi connectivity index (χ1v) is 12.2. The summed E-state index contributed by atoms with van der Waals surface area (Å²) < 4.78 is 45.1. The summed E-state index contributed by atoms with van der Waals surface area (Å²) in [7, 11) is 1.42. The molecule has 14 heteroatoms. The lowest BCUT2D eigenvalue weighted by Crippen LogP contribution is -2.51. The van der Waals surface area contributed by atoms with E-state index in [0.29, 0.717) is 31.7 Å². The average Bonchev–Trinajstić information content (AvgIpc) is 3.52. The van der Waals surface area contributed by atoms with Gasteiger partial charge in [-0.2, -0.15) is 18.3 Å². The number of carbonyl (C=O) groups is 2. The highest BCUT2D eigenvalue weighted by molar-refractivity contribution is 6.29. The second-order valence-corrected chi connectivity index (χ2v) is 9.11. The first-order chi connectivity index (χ1) is 18.6. The van der Waals surface area contributed by atoms with Crippen LogP contribution in [0.3, 0.4) is 0 Å². The van der Waals surface area contributed by atoms with Gasteiger partial charge in [-0.3, -0.25) is 10.1 Å². The predicted octanol–water partition coefficient (Wildman–Crippen LogP) is 3.76. The zero-order chi connectivity index (χ0) is 27.7. The van der Waals surface area contributed by atoms with Crippen molar-refractivity contribution in [3.8, 4) is 28.2 Å². The van der Waals surface area contributed by atoms with Gasteiger partial charge in [-0.05, 0) is 12.1 Å². The number of rotatable bonds is 4. The van der Waals surface area contributed by atoms with Crippen LogP contribution in [0.2, 0.25) is 5.15 Å². The van der Waals surface area contributed by atoms with Crippen LogP contribution in [0.4, 0.5) is 18.0 Å². The average molecular weight is 559 g/mol. The number of pyridine rings is 1.